The molecule has 0 aliphatic rings. The van der Waals surface area contributed by atoms with Gasteiger partial charge < -0.3 is 42.1 Å². The van der Waals surface area contributed by atoms with Gasteiger partial charge in [0, 0.05) is 24.3 Å². The summed E-state index contributed by atoms with van der Waals surface area (Å²) in [6, 6.07) is 11.7. The van der Waals surface area contributed by atoms with E-state index in [1.807, 2.05) is 40.7 Å². The van der Waals surface area contributed by atoms with Crippen LogP contribution in [0.25, 0.3) is 0 Å². The Morgan fingerprint density at radius 3 is 1.81 bits per heavy atom. The van der Waals surface area contributed by atoms with E-state index in [0.717, 1.165) is 0 Å². The molecule has 0 saturated carbocycles. The fourth-order valence-corrected chi connectivity index (χ4v) is 4.60. The number of rotatable bonds is 18. The van der Waals surface area contributed by atoms with Crippen molar-refractivity contribution >= 4 is 47.1 Å². The van der Waals surface area contributed by atoms with Crippen molar-refractivity contribution < 1.29 is 39.0 Å². The first kappa shape index (κ1) is 39.2. The van der Waals surface area contributed by atoms with Crippen LogP contribution in [-0.4, -0.2) is 77.1 Å². The van der Waals surface area contributed by atoms with Crippen LogP contribution in [0.4, 0.5) is 16.2 Å². The van der Waals surface area contributed by atoms with Crippen molar-refractivity contribution in [2.45, 2.75) is 78.4 Å². The van der Waals surface area contributed by atoms with Gasteiger partial charge in [0.2, 0.25) is 17.7 Å². The van der Waals surface area contributed by atoms with Gasteiger partial charge in [-0.2, -0.15) is 0 Å². The number of aliphatic carboxylic acids is 2. The molecule has 3 unspecified atom stereocenters. The van der Waals surface area contributed by atoms with Gasteiger partial charge in [-0.3, -0.25) is 14.4 Å². The number of amides is 5. The summed E-state index contributed by atoms with van der Waals surface area (Å²) >= 11 is 0. The van der Waals surface area contributed by atoms with E-state index in [2.05, 4.69) is 31.9 Å². The molecular formula is C34H48N6O8. The minimum atomic E-state index is -1.31. The Kier molecular flexibility index (Phi) is 15.5. The molecule has 48 heavy (non-hydrogen) atoms. The Morgan fingerprint density at radius 1 is 0.708 bits per heavy atom. The molecule has 8 N–H and O–H groups in total. The smallest absolute Gasteiger partial charge is 0.327 e. The summed E-state index contributed by atoms with van der Waals surface area (Å²) in [5.41, 5.74) is 1.46. The summed E-state index contributed by atoms with van der Waals surface area (Å²) in [4.78, 5) is 74.0. The lowest BCUT2D eigenvalue weighted by atomic mass is 9.92. The van der Waals surface area contributed by atoms with Gasteiger partial charge in [-0.25, -0.2) is 14.4 Å². The van der Waals surface area contributed by atoms with Crippen molar-refractivity contribution in [1.82, 2.24) is 21.3 Å². The second-order valence-electron chi connectivity index (χ2n) is 13.2. The molecule has 3 atom stereocenters. The molecule has 0 spiro atoms. The Morgan fingerprint density at radius 2 is 1.27 bits per heavy atom. The van der Waals surface area contributed by atoms with E-state index in [0.29, 0.717) is 16.9 Å². The Bertz CT molecular complexity index is 1390. The summed E-state index contributed by atoms with van der Waals surface area (Å²) in [7, 11) is 0. The van der Waals surface area contributed by atoms with E-state index < -0.39 is 53.8 Å². The van der Waals surface area contributed by atoms with Crippen molar-refractivity contribution in [2.24, 2.45) is 11.3 Å². The number of benzene rings is 2. The molecule has 0 aliphatic carbocycles. The van der Waals surface area contributed by atoms with E-state index >= 15 is 0 Å². The standard InChI is InChI=1S/C34H48N6O8/c1-21(2)17-26(38-28(41)18-22-11-13-24(14-12-22)37-33(48)36-23-9-7-6-8-10-23)30(43)40-25(31(44)45)15-16-35-20-27(32(46)47)39-29(42)19-34(3,4)5/h6-14,21,25-27,35H,15-20H2,1-5H3,(H,38,41)(H,39,42)(H,40,43)(H,44,45)(H,46,47)(H2,36,37,48). The number of para-hydroxylation sites is 1. The lowest BCUT2D eigenvalue weighted by Crippen LogP contribution is -2.53. The van der Waals surface area contributed by atoms with Crippen molar-refractivity contribution in [2.75, 3.05) is 23.7 Å². The number of carboxylic acids is 2. The normalized spacial score (nSPS) is 13.0. The molecule has 0 fully saturated rings. The minimum absolute atomic E-state index is 0.000157. The van der Waals surface area contributed by atoms with E-state index in [1.165, 1.54) is 0 Å². The molecular weight excluding hydrogens is 620 g/mol. The fourth-order valence-electron chi connectivity index (χ4n) is 4.60. The van der Waals surface area contributed by atoms with Crippen molar-refractivity contribution in [3.63, 3.8) is 0 Å². The van der Waals surface area contributed by atoms with Crippen LogP contribution < -0.4 is 31.9 Å². The third kappa shape index (κ3) is 15.5. The number of carboxylic acid groups (broad SMARTS) is 2. The number of anilines is 2. The predicted octanol–water partition coefficient (Wildman–Crippen LogP) is 2.96. The van der Waals surface area contributed by atoms with Gasteiger partial charge in [-0.15, -0.1) is 0 Å². The maximum atomic E-state index is 13.1. The number of carbonyl (C=O) groups excluding carboxylic acids is 4. The van der Waals surface area contributed by atoms with Crippen molar-refractivity contribution in [3.8, 4) is 0 Å². The van der Waals surface area contributed by atoms with E-state index in [9.17, 15) is 39.0 Å². The molecule has 0 radical (unpaired) electrons. The quantitative estimate of drug-likeness (QED) is 0.109. The highest BCUT2D eigenvalue weighted by atomic mass is 16.4. The molecule has 0 heterocycles. The second kappa shape index (κ2) is 19.0. The monoisotopic (exact) mass is 668 g/mol. The fraction of sp³-hybridized carbons (Fsp3) is 0.471. The first-order chi connectivity index (χ1) is 22.5. The van der Waals surface area contributed by atoms with Crippen LogP contribution in [-0.2, 0) is 30.4 Å². The molecule has 2 rings (SSSR count). The van der Waals surface area contributed by atoms with Crippen LogP contribution in [0.3, 0.4) is 0 Å². The zero-order valence-corrected chi connectivity index (χ0v) is 28.1. The van der Waals surface area contributed by atoms with Crippen molar-refractivity contribution in [1.29, 1.82) is 0 Å². The molecule has 14 heteroatoms. The maximum absolute atomic E-state index is 13.1. The van der Waals surface area contributed by atoms with Gasteiger partial charge in [0.05, 0.1) is 6.42 Å². The van der Waals surface area contributed by atoms with Gasteiger partial charge in [0.1, 0.15) is 18.1 Å². The summed E-state index contributed by atoms with van der Waals surface area (Å²) in [5, 5.41) is 35.1. The second-order valence-corrected chi connectivity index (χ2v) is 13.2. The summed E-state index contributed by atoms with van der Waals surface area (Å²) in [6.45, 7) is 9.19. The predicted molar refractivity (Wildman–Crippen MR) is 181 cm³/mol. The molecule has 0 aromatic heterocycles. The topological polar surface area (TPSA) is 215 Å². The lowest BCUT2D eigenvalue weighted by molar-refractivity contribution is -0.143. The van der Waals surface area contributed by atoms with E-state index in [4.69, 9.17) is 0 Å². The number of hydrogen-bond acceptors (Lipinski definition) is 7. The van der Waals surface area contributed by atoms with Gasteiger partial charge in [0.25, 0.3) is 0 Å². The lowest BCUT2D eigenvalue weighted by Gasteiger charge is -2.23. The van der Waals surface area contributed by atoms with Crippen molar-refractivity contribution in [3.05, 3.63) is 60.2 Å². The molecule has 0 aliphatic heterocycles. The highest BCUT2D eigenvalue weighted by Gasteiger charge is 2.28. The first-order valence-electron chi connectivity index (χ1n) is 15.8. The zero-order chi connectivity index (χ0) is 35.9. The highest BCUT2D eigenvalue weighted by molar-refractivity contribution is 5.99. The van der Waals surface area contributed by atoms with Crippen LogP contribution in [0.5, 0.6) is 0 Å². The molecule has 0 bridgehead atoms. The Balaban J connectivity index is 1.90. The minimum Gasteiger partial charge on any atom is -0.480 e. The van der Waals surface area contributed by atoms with Gasteiger partial charge in [-0.1, -0.05) is 65.0 Å². The molecule has 14 nitrogen and oxygen atoms in total. The average molecular weight is 669 g/mol. The third-order valence-corrected chi connectivity index (χ3v) is 6.86. The summed E-state index contributed by atoms with van der Waals surface area (Å²) < 4.78 is 0. The molecule has 2 aromatic rings. The number of hydrogen-bond donors (Lipinski definition) is 8. The summed E-state index contributed by atoms with van der Waals surface area (Å²) in [6.07, 6.45) is 0.268. The first-order valence-corrected chi connectivity index (χ1v) is 15.8. The highest BCUT2D eigenvalue weighted by Crippen LogP contribution is 2.18. The summed E-state index contributed by atoms with van der Waals surface area (Å²) in [5.74, 6) is -4.05. The van der Waals surface area contributed by atoms with E-state index in [-0.39, 0.29) is 50.1 Å². The SMILES string of the molecule is CC(C)CC(NC(=O)Cc1ccc(NC(=O)Nc2ccccc2)cc1)C(=O)NC(CCNCC(NC(=O)CC(C)(C)C)C(=O)O)C(=O)O. The zero-order valence-electron chi connectivity index (χ0n) is 28.1. The molecule has 2 aromatic carbocycles. The Hall–Kier alpha value is -4.98. The van der Waals surface area contributed by atoms with Crippen LogP contribution in [0.15, 0.2) is 54.6 Å². The third-order valence-electron chi connectivity index (χ3n) is 6.86. The molecule has 5 amide bonds. The van der Waals surface area contributed by atoms with Crippen LogP contribution in [0.2, 0.25) is 0 Å². The average Bonchev–Trinajstić information content (AvgIpc) is 2.97. The van der Waals surface area contributed by atoms with E-state index in [1.54, 1.807) is 48.5 Å². The van der Waals surface area contributed by atoms with Crippen LogP contribution >= 0.6 is 0 Å². The largest absolute Gasteiger partial charge is 0.480 e. The molecule has 262 valence electrons. The van der Waals surface area contributed by atoms with Gasteiger partial charge >= 0.3 is 18.0 Å². The number of urea groups is 1. The van der Waals surface area contributed by atoms with Crippen LogP contribution in [0.1, 0.15) is 59.4 Å². The number of carbonyl (C=O) groups is 6. The van der Waals surface area contributed by atoms with Gasteiger partial charge in [0.15, 0.2) is 0 Å². The van der Waals surface area contributed by atoms with Crippen LogP contribution in [0, 0.1) is 11.3 Å². The van der Waals surface area contributed by atoms with Gasteiger partial charge in [-0.05, 0) is 60.5 Å². The maximum Gasteiger partial charge on any atom is 0.327 e. The number of nitrogens with one attached hydrogen (secondary N) is 6. The Labute approximate surface area is 280 Å². The molecule has 0 saturated heterocycles.